The van der Waals surface area contributed by atoms with Crippen molar-refractivity contribution in [1.82, 2.24) is 4.57 Å². The van der Waals surface area contributed by atoms with E-state index in [9.17, 15) is 20.0 Å². The molecular weight excluding hydrogens is 378 g/mol. The van der Waals surface area contributed by atoms with E-state index in [1.807, 2.05) is 57.2 Å². The Kier molecular flexibility index (Phi) is 5.84. The summed E-state index contributed by atoms with van der Waals surface area (Å²) >= 11 is 0. The molecule has 0 aliphatic heterocycles. The summed E-state index contributed by atoms with van der Waals surface area (Å²) in [5.74, 6) is -1.82. The van der Waals surface area contributed by atoms with Gasteiger partial charge in [-0.25, -0.2) is 4.79 Å². The molecule has 0 fully saturated rings. The molecule has 0 atom stereocenters. The number of carboxylic acids is 1. The van der Waals surface area contributed by atoms with Crippen LogP contribution in [0.1, 0.15) is 32.9 Å². The minimum Gasteiger partial charge on any atom is -0.478 e. The number of carbonyl (C=O) groups excluding carboxylic acids is 1. The minimum absolute atomic E-state index is 0.0410. The van der Waals surface area contributed by atoms with E-state index in [0.717, 1.165) is 28.2 Å². The van der Waals surface area contributed by atoms with Gasteiger partial charge in [-0.05, 0) is 62.7 Å². The van der Waals surface area contributed by atoms with Crippen LogP contribution in [0.3, 0.4) is 0 Å². The number of carboxylic acid groups (broad SMARTS) is 1. The molecule has 0 spiro atoms. The number of nitrogens with one attached hydrogen (secondary N) is 1. The SMILES string of the molecule is Cc1ccc(-n2c(C)cc(C=C(C#N)C(=O)Nc3ccccc3C(=O)O)c2C)cc1. The number of carbonyl (C=O) groups is 2. The summed E-state index contributed by atoms with van der Waals surface area (Å²) in [6.07, 6.45) is 1.52. The lowest BCUT2D eigenvalue weighted by atomic mass is 10.1. The Morgan fingerprint density at radius 2 is 1.73 bits per heavy atom. The van der Waals surface area contributed by atoms with Crippen molar-refractivity contribution in [3.63, 3.8) is 0 Å². The Morgan fingerprint density at radius 1 is 1.07 bits per heavy atom. The molecule has 0 saturated heterocycles. The Bertz CT molecular complexity index is 1200. The molecule has 0 radical (unpaired) electrons. The van der Waals surface area contributed by atoms with E-state index in [-0.39, 0.29) is 16.8 Å². The predicted molar refractivity (Wildman–Crippen MR) is 116 cm³/mol. The van der Waals surface area contributed by atoms with Crippen molar-refractivity contribution in [2.45, 2.75) is 20.8 Å². The predicted octanol–water partition coefficient (Wildman–Crippen LogP) is 4.65. The molecule has 2 aromatic carbocycles. The van der Waals surface area contributed by atoms with Crippen LogP contribution >= 0.6 is 0 Å². The maximum absolute atomic E-state index is 12.6. The van der Waals surface area contributed by atoms with E-state index in [1.165, 1.54) is 18.2 Å². The van der Waals surface area contributed by atoms with Crippen LogP contribution in [0.25, 0.3) is 11.8 Å². The zero-order valence-electron chi connectivity index (χ0n) is 16.9. The van der Waals surface area contributed by atoms with Gasteiger partial charge in [-0.3, -0.25) is 4.79 Å². The highest BCUT2D eigenvalue weighted by Crippen LogP contribution is 2.24. The second kappa shape index (κ2) is 8.50. The van der Waals surface area contributed by atoms with Crippen LogP contribution in [0.5, 0.6) is 0 Å². The first-order chi connectivity index (χ1) is 14.3. The maximum Gasteiger partial charge on any atom is 0.337 e. The molecule has 0 bridgehead atoms. The lowest BCUT2D eigenvalue weighted by molar-refractivity contribution is -0.112. The van der Waals surface area contributed by atoms with Crippen molar-refractivity contribution in [3.05, 3.63) is 88.2 Å². The number of para-hydroxylation sites is 1. The second-order valence-electron chi connectivity index (χ2n) is 6.97. The summed E-state index contributed by atoms with van der Waals surface area (Å²) in [5, 5.41) is 21.3. The third-order valence-corrected chi connectivity index (χ3v) is 4.83. The van der Waals surface area contributed by atoms with Gasteiger partial charge in [0.2, 0.25) is 0 Å². The standard InChI is InChI=1S/C24H21N3O3/c1-15-8-10-20(11-9-15)27-16(2)12-18(17(27)3)13-19(14-25)23(28)26-22-7-5-4-6-21(22)24(29)30/h4-13H,1-3H3,(H,26,28)(H,29,30). The number of hydrogen-bond acceptors (Lipinski definition) is 3. The van der Waals surface area contributed by atoms with Gasteiger partial charge in [0.15, 0.2) is 0 Å². The van der Waals surface area contributed by atoms with Gasteiger partial charge in [-0.2, -0.15) is 5.26 Å². The molecule has 2 N–H and O–H groups in total. The number of hydrogen-bond donors (Lipinski definition) is 2. The van der Waals surface area contributed by atoms with Gasteiger partial charge in [-0.15, -0.1) is 0 Å². The van der Waals surface area contributed by atoms with Gasteiger partial charge >= 0.3 is 5.97 Å². The number of nitriles is 1. The molecular formula is C24H21N3O3. The van der Waals surface area contributed by atoms with E-state index in [4.69, 9.17) is 0 Å². The van der Waals surface area contributed by atoms with Crippen molar-refractivity contribution < 1.29 is 14.7 Å². The topological polar surface area (TPSA) is 95.1 Å². The summed E-state index contributed by atoms with van der Waals surface area (Å²) in [6.45, 7) is 5.90. The van der Waals surface area contributed by atoms with E-state index in [0.29, 0.717) is 0 Å². The van der Waals surface area contributed by atoms with Crippen LogP contribution in [-0.2, 0) is 4.79 Å². The van der Waals surface area contributed by atoms with Gasteiger partial charge in [0.05, 0.1) is 11.3 Å². The number of aryl methyl sites for hydroxylation is 2. The van der Waals surface area contributed by atoms with Crippen LogP contribution in [0, 0.1) is 32.1 Å². The Morgan fingerprint density at radius 3 is 2.37 bits per heavy atom. The van der Waals surface area contributed by atoms with E-state index in [1.54, 1.807) is 12.1 Å². The highest BCUT2D eigenvalue weighted by Gasteiger charge is 2.16. The Labute approximate surface area is 174 Å². The van der Waals surface area contributed by atoms with E-state index >= 15 is 0 Å². The fourth-order valence-corrected chi connectivity index (χ4v) is 3.30. The number of aromatic carboxylic acids is 1. The molecule has 0 aliphatic carbocycles. The first kappa shape index (κ1) is 20.6. The summed E-state index contributed by atoms with van der Waals surface area (Å²) < 4.78 is 2.05. The van der Waals surface area contributed by atoms with Crippen molar-refractivity contribution in [3.8, 4) is 11.8 Å². The first-order valence-electron chi connectivity index (χ1n) is 9.33. The van der Waals surface area contributed by atoms with Gasteiger partial charge in [0.1, 0.15) is 11.6 Å². The third-order valence-electron chi connectivity index (χ3n) is 4.83. The summed E-state index contributed by atoms with van der Waals surface area (Å²) in [7, 11) is 0. The number of benzene rings is 2. The van der Waals surface area contributed by atoms with Crippen LogP contribution in [0.4, 0.5) is 5.69 Å². The molecule has 6 heteroatoms. The van der Waals surface area contributed by atoms with Crippen LogP contribution in [0.2, 0.25) is 0 Å². The van der Waals surface area contributed by atoms with Gasteiger partial charge < -0.3 is 15.0 Å². The molecule has 0 unspecified atom stereocenters. The van der Waals surface area contributed by atoms with Crippen molar-refractivity contribution in [1.29, 1.82) is 5.26 Å². The van der Waals surface area contributed by atoms with E-state index < -0.39 is 11.9 Å². The average Bonchev–Trinajstić information content (AvgIpc) is 3.00. The molecule has 150 valence electrons. The fraction of sp³-hybridized carbons (Fsp3) is 0.125. The number of nitrogens with zero attached hydrogens (tertiary/aromatic N) is 2. The quantitative estimate of drug-likeness (QED) is 0.482. The fourth-order valence-electron chi connectivity index (χ4n) is 3.30. The summed E-state index contributed by atoms with van der Waals surface area (Å²) in [4.78, 5) is 24.0. The summed E-state index contributed by atoms with van der Waals surface area (Å²) in [6, 6.07) is 18.0. The average molecular weight is 399 g/mol. The Hall–Kier alpha value is -4.11. The van der Waals surface area contributed by atoms with Crippen molar-refractivity contribution in [2.75, 3.05) is 5.32 Å². The largest absolute Gasteiger partial charge is 0.478 e. The molecule has 1 amide bonds. The number of rotatable bonds is 5. The van der Waals surface area contributed by atoms with Gasteiger partial charge in [0, 0.05) is 17.1 Å². The number of amides is 1. The third kappa shape index (κ3) is 4.15. The van der Waals surface area contributed by atoms with Crippen LogP contribution in [-0.4, -0.2) is 21.6 Å². The highest BCUT2D eigenvalue weighted by atomic mass is 16.4. The number of anilines is 1. The van der Waals surface area contributed by atoms with Gasteiger partial charge in [-0.1, -0.05) is 29.8 Å². The first-order valence-corrected chi connectivity index (χ1v) is 9.33. The molecule has 3 aromatic rings. The smallest absolute Gasteiger partial charge is 0.337 e. The monoisotopic (exact) mass is 399 g/mol. The van der Waals surface area contributed by atoms with Crippen molar-refractivity contribution in [2.24, 2.45) is 0 Å². The molecule has 1 aromatic heterocycles. The van der Waals surface area contributed by atoms with E-state index in [2.05, 4.69) is 9.88 Å². The minimum atomic E-state index is -1.16. The Balaban J connectivity index is 1.95. The maximum atomic E-state index is 12.6. The second-order valence-corrected chi connectivity index (χ2v) is 6.97. The van der Waals surface area contributed by atoms with Crippen LogP contribution < -0.4 is 5.32 Å². The lowest BCUT2D eigenvalue weighted by Crippen LogP contribution is -2.16. The highest BCUT2D eigenvalue weighted by molar-refractivity contribution is 6.11. The molecule has 3 rings (SSSR count). The zero-order valence-corrected chi connectivity index (χ0v) is 16.9. The molecule has 1 heterocycles. The number of aromatic nitrogens is 1. The van der Waals surface area contributed by atoms with Gasteiger partial charge in [0.25, 0.3) is 5.91 Å². The summed E-state index contributed by atoms with van der Waals surface area (Å²) in [5.41, 5.74) is 4.74. The zero-order chi connectivity index (χ0) is 21.8. The van der Waals surface area contributed by atoms with Crippen LogP contribution in [0.15, 0.2) is 60.2 Å². The molecule has 6 nitrogen and oxygen atoms in total. The molecule has 0 saturated carbocycles. The molecule has 0 aliphatic rings. The van der Waals surface area contributed by atoms with Crippen molar-refractivity contribution >= 4 is 23.6 Å². The lowest BCUT2D eigenvalue weighted by Gasteiger charge is -2.10. The normalized spacial score (nSPS) is 11.1. The molecule has 30 heavy (non-hydrogen) atoms.